The fourth-order valence-electron chi connectivity index (χ4n) is 11.0. The molecule has 4 saturated heterocycles. The van der Waals surface area contributed by atoms with Crippen LogP contribution in [0.15, 0.2) is 54.9 Å². The normalized spacial score (nSPS) is 23.0. The Morgan fingerprint density at radius 1 is 1.04 bits per heavy atom. The van der Waals surface area contributed by atoms with Crippen molar-refractivity contribution in [2.24, 2.45) is 5.92 Å². The monoisotopic (exact) mass is 752 g/mol. The van der Waals surface area contributed by atoms with E-state index in [1.807, 2.05) is 19.1 Å². The summed E-state index contributed by atoms with van der Waals surface area (Å²) in [4.78, 5) is 22.3. The Labute approximate surface area is 333 Å². The third-order valence-electron chi connectivity index (χ3n) is 13.3. The summed E-state index contributed by atoms with van der Waals surface area (Å²) in [5.74, 6) is 3.32. The Kier molecular flexibility index (Phi) is 10.0. The van der Waals surface area contributed by atoms with Crippen LogP contribution >= 0.6 is 0 Å². The molecular formula is C47H55BF2N6. The van der Waals surface area contributed by atoms with Gasteiger partial charge in [-0.25, -0.2) is 18.7 Å². The van der Waals surface area contributed by atoms with Crippen molar-refractivity contribution in [2.75, 3.05) is 31.1 Å². The Balaban J connectivity index is 1.19. The van der Waals surface area contributed by atoms with Crippen molar-refractivity contribution in [3.63, 3.8) is 0 Å². The maximum absolute atomic E-state index is 17.4. The summed E-state index contributed by atoms with van der Waals surface area (Å²) in [6.45, 7) is 21.0. The number of nitrogens with zero attached hydrogens (tertiary/aromatic N) is 6. The minimum absolute atomic E-state index is 0.0942. The number of rotatable bonds is 12. The van der Waals surface area contributed by atoms with Crippen LogP contribution in [0.2, 0.25) is 0 Å². The molecule has 2 unspecified atom stereocenters. The number of aryl methyl sites for hydroxylation is 2. The molecule has 2 bridgehead atoms. The van der Waals surface area contributed by atoms with Crippen LogP contribution in [-0.2, 0) is 6.42 Å². The fraction of sp³-hybridized carbons (Fsp3) is 0.511. The molecule has 6 nitrogen and oxygen atoms in total. The number of allylic oxidation sites excluding steroid dienone is 2. The summed E-state index contributed by atoms with van der Waals surface area (Å²) in [5, 5.41) is 1.74. The number of fused-ring (bicyclic) bond motifs is 5. The van der Waals surface area contributed by atoms with E-state index in [0.717, 1.165) is 74.7 Å². The highest BCUT2D eigenvalue weighted by atomic mass is 19.1. The number of aromatic nitrogens is 3. The quantitative estimate of drug-likeness (QED) is 0.0817. The van der Waals surface area contributed by atoms with Gasteiger partial charge in [0.1, 0.15) is 36.5 Å². The predicted octanol–water partition coefficient (Wildman–Crippen LogP) is 9.80. The Morgan fingerprint density at radius 2 is 1.80 bits per heavy atom. The van der Waals surface area contributed by atoms with Gasteiger partial charge in [0.2, 0.25) is 0 Å². The average molecular weight is 753 g/mol. The van der Waals surface area contributed by atoms with Crippen molar-refractivity contribution in [1.29, 1.82) is 0 Å². The standard InChI is InChI=1S/C47H55BF2N6/c1-8-35-38(49)15-14-34-25-32(5)26-36(40(34)35)42-41(50)43-37(27-51-42)44(53-39(52-43)16-19-46-17-10-22-55(46)23-11-18-46)54-28-45(7)20-21-47(48,29-54)56(45)33(6)13-9-12-31(4)24-30(2)3/h1,14-15,25-27,30H,4,6,9-13,16-24,28-29H2,2-3,5,7H3. The predicted molar refractivity (Wildman–Crippen MR) is 226 cm³/mol. The first-order valence-electron chi connectivity index (χ1n) is 20.7. The van der Waals surface area contributed by atoms with E-state index in [1.165, 1.54) is 37.3 Å². The minimum atomic E-state index is -0.661. The second-order valence-electron chi connectivity index (χ2n) is 18.1. The summed E-state index contributed by atoms with van der Waals surface area (Å²) < 4.78 is 32.5. The summed E-state index contributed by atoms with van der Waals surface area (Å²) in [7, 11) is 7.39. The number of benzene rings is 2. The lowest BCUT2D eigenvalue weighted by Crippen LogP contribution is -2.66. The van der Waals surface area contributed by atoms with Gasteiger partial charge in [-0.3, -0.25) is 9.88 Å². The first-order valence-corrected chi connectivity index (χ1v) is 20.7. The number of halogens is 2. The zero-order valence-electron chi connectivity index (χ0n) is 33.8. The van der Waals surface area contributed by atoms with E-state index in [9.17, 15) is 0 Å². The van der Waals surface area contributed by atoms with E-state index >= 15 is 8.78 Å². The lowest BCUT2D eigenvalue weighted by atomic mass is 9.73. The molecule has 2 radical (unpaired) electrons. The number of pyridine rings is 1. The van der Waals surface area contributed by atoms with Crippen LogP contribution in [0, 0.1) is 36.8 Å². The molecule has 6 heterocycles. The summed E-state index contributed by atoms with van der Waals surface area (Å²) in [6, 6.07) is 6.81. The molecule has 4 fully saturated rings. The molecule has 2 atom stereocenters. The van der Waals surface area contributed by atoms with Crippen molar-refractivity contribution >= 4 is 35.3 Å². The van der Waals surface area contributed by atoms with Gasteiger partial charge in [0.15, 0.2) is 5.82 Å². The van der Waals surface area contributed by atoms with Crippen molar-refractivity contribution in [1.82, 2.24) is 24.8 Å². The van der Waals surface area contributed by atoms with E-state index in [1.54, 1.807) is 12.3 Å². The fourth-order valence-corrected chi connectivity index (χ4v) is 11.0. The second-order valence-corrected chi connectivity index (χ2v) is 18.1. The molecule has 4 aliphatic rings. The maximum Gasteiger partial charge on any atom is 0.175 e. The second kappa shape index (κ2) is 14.6. The molecule has 0 N–H and O–H groups in total. The highest BCUT2D eigenvalue weighted by Gasteiger charge is 2.55. The SMILES string of the molecule is [B]C12CCC(C)(CN(c3nc(CCC45CCCN4CCC5)nc4c(F)c(-c5cc(C)cc6ccc(F)c(C#C)c56)ncc34)C1)N2C(=C)CCCC(=C)CC(C)C. The van der Waals surface area contributed by atoms with Crippen LogP contribution in [-0.4, -0.2) is 75.3 Å². The highest BCUT2D eigenvalue weighted by molar-refractivity contribution is 6.16. The molecule has 9 heteroatoms. The van der Waals surface area contributed by atoms with Gasteiger partial charge in [-0.2, -0.15) is 0 Å². The van der Waals surface area contributed by atoms with Crippen molar-refractivity contribution in [3.8, 4) is 23.6 Å². The maximum atomic E-state index is 17.4. The van der Waals surface area contributed by atoms with Gasteiger partial charge >= 0.3 is 0 Å². The molecule has 290 valence electrons. The topological polar surface area (TPSA) is 48.4 Å². The van der Waals surface area contributed by atoms with E-state index in [2.05, 4.69) is 54.5 Å². The van der Waals surface area contributed by atoms with Crippen LogP contribution in [0.5, 0.6) is 0 Å². The van der Waals surface area contributed by atoms with E-state index < -0.39 is 17.1 Å². The van der Waals surface area contributed by atoms with E-state index in [-0.39, 0.29) is 27.9 Å². The molecule has 2 aromatic heterocycles. The van der Waals surface area contributed by atoms with Crippen molar-refractivity contribution < 1.29 is 8.78 Å². The average Bonchev–Trinajstić information content (AvgIpc) is 3.78. The molecule has 8 rings (SSSR count). The van der Waals surface area contributed by atoms with Crippen LogP contribution in [0.4, 0.5) is 14.6 Å². The van der Waals surface area contributed by atoms with E-state index in [4.69, 9.17) is 29.2 Å². The molecule has 4 aliphatic heterocycles. The van der Waals surface area contributed by atoms with Crippen LogP contribution in [0.1, 0.15) is 108 Å². The number of anilines is 1. The number of piperazine rings is 1. The smallest absolute Gasteiger partial charge is 0.175 e. The first-order chi connectivity index (χ1) is 26.7. The van der Waals surface area contributed by atoms with Gasteiger partial charge in [-0.15, -0.1) is 6.42 Å². The zero-order chi connectivity index (χ0) is 39.6. The third kappa shape index (κ3) is 6.70. The van der Waals surface area contributed by atoms with E-state index in [0.29, 0.717) is 53.4 Å². The van der Waals surface area contributed by atoms with Gasteiger partial charge in [-0.1, -0.05) is 50.6 Å². The molecular weight excluding hydrogens is 697 g/mol. The van der Waals surface area contributed by atoms with Crippen LogP contribution < -0.4 is 4.90 Å². The number of hydrogen-bond donors (Lipinski definition) is 0. The first kappa shape index (κ1) is 38.6. The largest absolute Gasteiger partial charge is 0.369 e. The van der Waals surface area contributed by atoms with Crippen molar-refractivity contribution in [2.45, 2.75) is 121 Å². The van der Waals surface area contributed by atoms with Gasteiger partial charge < -0.3 is 9.80 Å². The molecule has 0 saturated carbocycles. The molecule has 0 amide bonds. The summed E-state index contributed by atoms with van der Waals surface area (Å²) in [5.41, 5.74) is 3.32. The summed E-state index contributed by atoms with van der Waals surface area (Å²) in [6.07, 6.45) is 19.5. The summed E-state index contributed by atoms with van der Waals surface area (Å²) >= 11 is 0. The Hall–Kier alpha value is -4.29. The Morgan fingerprint density at radius 3 is 2.52 bits per heavy atom. The molecule has 56 heavy (non-hydrogen) atoms. The lowest BCUT2D eigenvalue weighted by Gasteiger charge is -2.55. The van der Waals surface area contributed by atoms with Crippen molar-refractivity contribution in [3.05, 3.63) is 83.5 Å². The van der Waals surface area contributed by atoms with Gasteiger partial charge in [0, 0.05) is 53.3 Å². The Bertz CT molecular complexity index is 2250. The third-order valence-corrected chi connectivity index (χ3v) is 13.3. The molecule has 4 aromatic rings. The zero-order valence-corrected chi connectivity index (χ0v) is 33.8. The lowest BCUT2D eigenvalue weighted by molar-refractivity contribution is 0.111. The molecule has 0 aliphatic carbocycles. The van der Waals surface area contributed by atoms with Gasteiger partial charge in [0.25, 0.3) is 0 Å². The molecule has 2 aromatic carbocycles. The van der Waals surface area contributed by atoms with Gasteiger partial charge in [0.05, 0.1) is 16.5 Å². The van der Waals surface area contributed by atoms with Crippen LogP contribution in [0.3, 0.4) is 0 Å². The number of hydrogen-bond acceptors (Lipinski definition) is 6. The number of terminal acetylenes is 1. The highest BCUT2D eigenvalue weighted by Crippen LogP contribution is 2.49. The van der Waals surface area contributed by atoms with Gasteiger partial charge in [-0.05, 0) is 127 Å². The van der Waals surface area contributed by atoms with Crippen LogP contribution in [0.25, 0.3) is 32.9 Å². The molecule has 0 spiro atoms. The minimum Gasteiger partial charge on any atom is -0.369 e.